The van der Waals surface area contributed by atoms with Crippen molar-refractivity contribution in [3.8, 4) is 0 Å². The summed E-state index contributed by atoms with van der Waals surface area (Å²) in [6.45, 7) is 21.5. The maximum atomic E-state index is 2.36. The maximum Gasteiger partial charge on any atom is -0.0216 e. The first-order valence-corrected chi connectivity index (χ1v) is 7.54. The quantitative estimate of drug-likeness (QED) is 0.554. The molecule has 0 spiro atoms. The number of rotatable bonds is 2. The molecule has 0 saturated heterocycles. The zero-order valence-corrected chi connectivity index (χ0v) is 14.3. The van der Waals surface area contributed by atoms with Gasteiger partial charge in [-0.3, -0.25) is 0 Å². The minimum atomic E-state index is 0.634. The lowest BCUT2D eigenvalue weighted by Gasteiger charge is -2.16. The Balaban J connectivity index is 0. The molecule has 106 valence electrons. The lowest BCUT2D eigenvalue weighted by molar-refractivity contribution is 0.827. The molecule has 18 heavy (non-hydrogen) atoms. The monoisotopic (exact) mass is 250 g/mol. The minimum Gasteiger partial charge on any atom is -0.0683 e. The first kappa shape index (κ1) is 19.6. The van der Waals surface area contributed by atoms with Crippen LogP contribution in [0, 0.1) is 13.8 Å². The second-order valence-corrected chi connectivity index (χ2v) is 4.87. The summed E-state index contributed by atoms with van der Waals surface area (Å²) in [6, 6.07) is 4.71. The molecule has 0 amide bonds. The van der Waals surface area contributed by atoms with E-state index in [0.717, 1.165) is 0 Å². The van der Waals surface area contributed by atoms with Gasteiger partial charge in [-0.1, -0.05) is 67.5 Å². The third kappa shape index (κ3) is 5.71. The summed E-state index contributed by atoms with van der Waals surface area (Å²) in [4.78, 5) is 0. The summed E-state index contributed by atoms with van der Waals surface area (Å²) in [7, 11) is 0. The fourth-order valence-electron chi connectivity index (χ4n) is 2.10. The molecule has 0 aliphatic heterocycles. The van der Waals surface area contributed by atoms with E-state index >= 15 is 0 Å². The van der Waals surface area contributed by atoms with E-state index in [1.807, 2.05) is 27.7 Å². The molecule has 0 fully saturated rings. The van der Waals surface area contributed by atoms with E-state index in [1.165, 1.54) is 22.3 Å². The van der Waals surface area contributed by atoms with Gasteiger partial charge >= 0.3 is 0 Å². The standard InChI is InChI=1S/C14H22.2C2H6/c1-9(2)13-7-12(6)14(10(3)4)8-11(13)5;2*1-2/h7-10H,1-6H3;2*1-2H3. The molecule has 1 rings (SSSR count). The van der Waals surface area contributed by atoms with Crippen molar-refractivity contribution in [2.45, 2.75) is 81.1 Å². The highest BCUT2D eigenvalue weighted by Gasteiger charge is 2.09. The Morgan fingerprint density at radius 1 is 0.611 bits per heavy atom. The molecule has 0 unspecified atom stereocenters. The highest BCUT2D eigenvalue weighted by atomic mass is 14.1. The van der Waals surface area contributed by atoms with Crippen molar-refractivity contribution in [1.82, 2.24) is 0 Å². The highest BCUT2D eigenvalue weighted by Crippen LogP contribution is 2.26. The summed E-state index contributed by atoms with van der Waals surface area (Å²) in [6.07, 6.45) is 0. The van der Waals surface area contributed by atoms with Crippen LogP contribution in [-0.4, -0.2) is 0 Å². The third-order valence-corrected chi connectivity index (χ3v) is 2.90. The van der Waals surface area contributed by atoms with E-state index in [9.17, 15) is 0 Å². The first-order valence-electron chi connectivity index (χ1n) is 7.54. The second kappa shape index (κ2) is 10.2. The molecular weight excluding hydrogens is 216 g/mol. The molecule has 0 heterocycles. The van der Waals surface area contributed by atoms with Gasteiger partial charge in [-0.25, -0.2) is 0 Å². The lowest BCUT2D eigenvalue weighted by atomic mass is 9.89. The van der Waals surface area contributed by atoms with E-state index in [4.69, 9.17) is 0 Å². The Kier molecular flexibility index (Phi) is 11.1. The predicted octanol–water partition coefficient (Wildman–Crippen LogP) is 6.60. The number of benzene rings is 1. The van der Waals surface area contributed by atoms with Crippen LogP contribution >= 0.6 is 0 Å². The van der Waals surface area contributed by atoms with Crippen molar-refractivity contribution in [1.29, 1.82) is 0 Å². The van der Waals surface area contributed by atoms with Crippen LogP contribution in [0.2, 0.25) is 0 Å². The zero-order chi connectivity index (χ0) is 14.9. The van der Waals surface area contributed by atoms with Crippen LogP contribution in [0.4, 0.5) is 0 Å². The van der Waals surface area contributed by atoms with Gasteiger partial charge in [-0.2, -0.15) is 0 Å². The van der Waals surface area contributed by atoms with E-state index in [2.05, 4.69) is 53.7 Å². The molecule has 0 heteroatoms. The molecule has 0 aromatic heterocycles. The fourth-order valence-corrected chi connectivity index (χ4v) is 2.10. The molecular formula is C18H34. The van der Waals surface area contributed by atoms with Crippen molar-refractivity contribution >= 4 is 0 Å². The summed E-state index contributed by atoms with van der Waals surface area (Å²) >= 11 is 0. The van der Waals surface area contributed by atoms with Crippen LogP contribution in [0.1, 0.15) is 89.5 Å². The van der Waals surface area contributed by atoms with Gasteiger partial charge in [-0.05, 0) is 47.9 Å². The Labute approximate surface area is 116 Å². The number of hydrogen-bond donors (Lipinski definition) is 0. The van der Waals surface area contributed by atoms with Gasteiger partial charge < -0.3 is 0 Å². The summed E-state index contributed by atoms with van der Waals surface area (Å²) in [5.74, 6) is 1.27. The van der Waals surface area contributed by atoms with Crippen LogP contribution in [0.3, 0.4) is 0 Å². The molecule has 0 aliphatic rings. The molecule has 0 radical (unpaired) electrons. The molecule has 0 N–H and O–H groups in total. The van der Waals surface area contributed by atoms with Gasteiger partial charge in [0.05, 0.1) is 0 Å². The van der Waals surface area contributed by atoms with Crippen LogP contribution < -0.4 is 0 Å². The maximum absolute atomic E-state index is 2.36. The molecule has 0 nitrogen and oxygen atoms in total. The molecule has 1 aromatic rings. The second-order valence-electron chi connectivity index (χ2n) is 4.87. The highest BCUT2D eigenvalue weighted by molar-refractivity contribution is 5.40. The number of aryl methyl sites for hydroxylation is 2. The van der Waals surface area contributed by atoms with Crippen LogP contribution in [0.15, 0.2) is 12.1 Å². The van der Waals surface area contributed by atoms with Crippen LogP contribution in [-0.2, 0) is 0 Å². The summed E-state index contributed by atoms with van der Waals surface area (Å²) < 4.78 is 0. The van der Waals surface area contributed by atoms with Crippen molar-refractivity contribution in [3.05, 3.63) is 34.4 Å². The van der Waals surface area contributed by atoms with Gasteiger partial charge in [-0.15, -0.1) is 0 Å². The molecule has 1 aromatic carbocycles. The topological polar surface area (TPSA) is 0 Å². The van der Waals surface area contributed by atoms with Crippen molar-refractivity contribution < 1.29 is 0 Å². The average molecular weight is 250 g/mol. The van der Waals surface area contributed by atoms with E-state index in [1.54, 1.807) is 0 Å². The Hall–Kier alpha value is -0.780. The van der Waals surface area contributed by atoms with E-state index in [-0.39, 0.29) is 0 Å². The summed E-state index contributed by atoms with van der Waals surface area (Å²) in [5.41, 5.74) is 5.86. The Morgan fingerprint density at radius 3 is 1.00 bits per heavy atom. The third-order valence-electron chi connectivity index (χ3n) is 2.90. The van der Waals surface area contributed by atoms with Gasteiger partial charge in [0.2, 0.25) is 0 Å². The van der Waals surface area contributed by atoms with Crippen molar-refractivity contribution in [2.24, 2.45) is 0 Å². The lowest BCUT2D eigenvalue weighted by Crippen LogP contribution is -1.99. The van der Waals surface area contributed by atoms with E-state index < -0.39 is 0 Å². The van der Waals surface area contributed by atoms with Crippen molar-refractivity contribution in [2.75, 3.05) is 0 Å². The number of hydrogen-bond acceptors (Lipinski definition) is 0. The smallest absolute Gasteiger partial charge is 0.0216 e. The molecule has 0 bridgehead atoms. The van der Waals surface area contributed by atoms with Gasteiger partial charge in [0.1, 0.15) is 0 Å². The van der Waals surface area contributed by atoms with E-state index in [0.29, 0.717) is 11.8 Å². The van der Waals surface area contributed by atoms with Crippen LogP contribution in [0.25, 0.3) is 0 Å². The first-order chi connectivity index (χ1) is 8.43. The van der Waals surface area contributed by atoms with Gasteiger partial charge in [0, 0.05) is 0 Å². The predicted molar refractivity (Wildman–Crippen MR) is 86.8 cm³/mol. The van der Waals surface area contributed by atoms with Crippen LogP contribution in [0.5, 0.6) is 0 Å². The minimum absolute atomic E-state index is 0.634. The molecule has 0 aliphatic carbocycles. The normalized spacial score (nSPS) is 9.56. The fraction of sp³-hybridized carbons (Fsp3) is 0.667. The summed E-state index contributed by atoms with van der Waals surface area (Å²) in [5, 5.41) is 0. The van der Waals surface area contributed by atoms with Gasteiger partial charge in [0.25, 0.3) is 0 Å². The molecule has 0 saturated carbocycles. The Bertz CT molecular complexity index is 285. The SMILES string of the molecule is CC.CC.Cc1cc(C(C)C)c(C)cc1C(C)C. The largest absolute Gasteiger partial charge is 0.0683 e. The average Bonchev–Trinajstić information content (AvgIpc) is 2.36. The van der Waals surface area contributed by atoms with Crippen molar-refractivity contribution in [3.63, 3.8) is 0 Å². The Morgan fingerprint density at radius 2 is 0.833 bits per heavy atom. The zero-order valence-electron chi connectivity index (χ0n) is 14.3. The van der Waals surface area contributed by atoms with Gasteiger partial charge in [0.15, 0.2) is 0 Å². The molecule has 0 atom stereocenters.